The maximum Gasteiger partial charge on any atom is 0.245 e. The van der Waals surface area contributed by atoms with Gasteiger partial charge in [-0.15, -0.1) is 11.3 Å². The highest BCUT2D eigenvalue weighted by Crippen LogP contribution is 2.30. The number of carbonyl (C=O) groups excluding carboxylic acids is 1. The topological polar surface area (TPSA) is 41.4 Å². The van der Waals surface area contributed by atoms with Gasteiger partial charge in [-0.25, -0.2) is 9.37 Å². The normalized spacial score (nSPS) is 16.3. The van der Waals surface area contributed by atoms with E-state index < -0.39 is 0 Å². The van der Waals surface area contributed by atoms with E-state index in [0.29, 0.717) is 5.56 Å². The van der Waals surface area contributed by atoms with E-state index in [1.807, 2.05) is 40.8 Å². The molecule has 0 bridgehead atoms. The number of nitrogens with zero attached hydrogens (tertiary/aromatic N) is 4. The van der Waals surface area contributed by atoms with Gasteiger partial charge in [0.2, 0.25) is 5.91 Å². The van der Waals surface area contributed by atoms with Gasteiger partial charge in [0.05, 0.1) is 6.33 Å². The molecule has 0 spiro atoms. The van der Waals surface area contributed by atoms with E-state index in [-0.39, 0.29) is 17.8 Å². The zero-order valence-corrected chi connectivity index (χ0v) is 16.6. The Kier molecular flexibility index (Phi) is 5.54. The quantitative estimate of drug-likeness (QED) is 0.659. The minimum absolute atomic E-state index is 0.135. The summed E-state index contributed by atoms with van der Waals surface area (Å²) in [4.78, 5) is 23.1. The first-order valence-electron chi connectivity index (χ1n) is 9.44. The van der Waals surface area contributed by atoms with Gasteiger partial charge in [0.1, 0.15) is 11.9 Å². The number of carbonyl (C=O) groups is 1. The highest BCUT2D eigenvalue weighted by Gasteiger charge is 2.25. The molecule has 2 aromatic heterocycles. The van der Waals surface area contributed by atoms with E-state index >= 15 is 0 Å². The van der Waals surface area contributed by atoms with Crippen molar-refractivity contribution >= 4 is 17.2 Å². The summed E-state index contributed by atoms with van der Waals surface area (Å²) in [7, 11) is 0. The van der Waals surface area contributed by atoms with Crippen LogP contribution in [0.15, 0.2) is 55.1 Å². The third-order valence-corrected chi connectivity index (χ3v) is 6.30. The standard InChI is InChI=1S/C21H23FN4OS/c1-16(26-9-8-23-15-26)21(27)25-12-10-24(11-13-25)14-17-6-7-20(28-17)18-4-2-3-5-19(18)22/h2-9,15-16H,10-14H2,1H3. The molecule has 1 aliphatic rings. The van der Waals surface area contributed by atoms with Crippen LogP contribution >= 0.6 is 11.3 Å². The number of hydrogen-bond acceptors (Lipinski definition) is 4. The fourth-order valence-electron chi connectivity index (χ4n) is 3.51. The van der Waals surface area contributed by atoms with Crippen LogP contribution in [0.4, 0.5) is 4.39 Å². The molecule has 1 saturated heterocycles. The molecule has 1 unspecified atom stereocenters. The number of rotatable bonds is 5. The summed E-state index contributed by atoms with van der Waals surface area (Å²) in [5.74, 6) is -0.0503. The summed E-state index contributed by atoms with van der Waals surface area (Å²) in [6.07, 6.45) is 5.20. The smallest absolute Gasteiger partial charge is 0.245 e. The average molecular weight is 399 g/mol. The maximum atomic E-state index is 14.0. The third-order valence-electron chi connectivity index (χ3n) is 5.19. The number of benzene rings is 1. The van der Waals surface area contributed by atoms with Gasteiger partial charge in [0, 0.05) is 60.4 Å². The van der Waals surface area contributed by atoms with Crippen molar-refractivity contribution in [3.8, 4) is 10.4 Å². The molecule has 1 atom stereocenters. The van der Waals surface area contributed by atoms with Gasteiger partial charge < -0.3 is 9.47 Å². The number of amides is 1. The Morgan fingerprint density at radius 3 is 2.68 bits per heavy atom. The number of imidazole rings is 1. The van der Waals surface area contributed by atoms with Crippen molar-refractivity contribution in [1.29, 1.82) is 0 Å². The number of halogens is 1. The second-order valence-corrected chi connectivity index (χ2v) is 8.20. The molecule has 1 amide bonds. The maximum absolute atomic E-state index is 14.0. The van der Waals surface area contributed by atoms with Gasteiger partial charge in [-0.3, -0.25) is 9.69 Å². The summed E-state index contributed by atoms with van der Waals surface area (Å²) in [5.41, 5.74) is 0.655. The monoisotopic (exact) mass is 398 g/mol. The van der Waals surface area contributed by atoms with E-state index in [9.17, 15) is 9.18 Å². The summed E-state index contributed by atoms with van der Waals surface area (Å²) >= 11 is 1.63. The van der Waals surface area contributed by atoms with Crippen LogP contribution in [0.2, 0.25) is 0 Å². The summed E-state index contributed by atoms with van der Waals surface area (Å²) in [6, 6.07) is 10.7. The van der Waals surface area contributed by atoms with Gasteiger partial charge >= 0.3 is 0 Å². The van der Waals surface area contributed by atoms with Crippen molar-refractivity contribution in [3.05, 3.63) is 65.8 Å². The first kappa shape index (κ1) is 18.8. The zero-order valence-electron chi connectivity index (χ0n) is 15.8. The Hall–Kier alpha value is -2.51. The van der Waals surface area contributed by atoms with Crippen LogP contribution in [0.25, 0.3) is 10.4 Å². The summed E-state index contributed by atoms with van der Waals surface area (Å²) in [5, 5.41) is 0. The van der Waals surface area contributed by atoms with Crippen molar-refractivity contribution in [1.82, 2.24) is 19.4 Å². The predicted molar refractivity (Wildman–Crippen MR) is 109 cm³/mol. The fraction of sp³-hybridized carbons (Fsp3) is 0.333. The molecule has 1 fully saturated rings. The molecule has 3 aromatic rings. The van der Waals surface area contributed by atoms with Crippen molar-refractivity contribution in [2.45, 2.75) is 19.5 Å². The van der Waals surface area contributed by atoms with Gasteiger partial charge in [-0.1, -0.05) is 18.2 Å². The first-order chi connectivity index (χ1) is 13.6. The van der Waals surface area contributed by atoms with Gasteiger partial charge in [0.15, 0.2) is 0 Å². The van der Waals surface area contributed by atoms with Crippen molar-refractivity contribution in [3.63, 3.8) is 0 Å². The van der Waals surface area contributed by atoms with Gasteiger partial charge in [-0.2, -0.15) is 0 Å². The van der Waals surface area contributed by atoms with E-state index in [1.165, 1.54) is 10.9 Å². The van der Waals surface area contributed by atoms with E-state index in [0.717, 1.165) is 37.6 Å². The average Bonchev–Trinajstić information content (AvgIpc) is 3.40. The zero-order chi connectivity index (χ0) is 19.5. The van der Waals surface area contributed by atoms with Crippen molar-refractivity contribution in [2.75, 3.05) is 26.2 Å². The van der Waals surface area contributed by atoms with Crippen LogP contribution < -0.4 is 0 Å². The minimum atomic E-state index is -0.227. The second kappa shape index (κ2) is 8.24. The Labute approximate surface area is 168 Å². The molecule has 7 heteroatoms. The number of thiophene rings is 1. The molecule has 3 heterocycles. The van der Waals surface area contributed by atoms with E-state index in [4.69, 9.17) is 0 Å². The Morgan fingerprint density at radius 1 is 1.18 bits per heavy atom. The molecule has 0 N–H and O–H groups in total. The molecule has 146 valence electrons. The largest absolute Gasteiger partial charge is 0.338 e. The Bertz CT molecular complexity index is 932. The lowest BCUT2D eigenvalue weighted by molar-refractivity contribution is -0.136. The Balaban J connectivity index is 1.33. The molecule has 5 nitrogen and oxygen atoms in total. The van der Waals surface area contributed by atoms with Crippen molar-refractivity contribution < 1.29 is 9.18 Å². The van der Waals surface area contributed by atoms with Crippen LogP contribution in [0.1, 0.15) is 17.8 Å². The van der Waals surface area contributed by atoms with Crippen LogP contribution in [0, 0.1) is 5.82 Å². The highest BCUT2D eigenvalue weighted by molar-refractivity contribution is 7.15. The van der Waals surface area contributed by atoms with E-state index in [1.54, 1.807) is 29.9 Å². The molecule has 28 heavy (non-hydrogen) atoms. The molecule has 0 aliphatic carbocycles. The molecule has 4 rings (SSSR count). The second-order valence-electron chi connectivity index (χ2n) is 7.03. The Morgan fingerprint density at radius 2 is 1.96 bits per heavy atom. The number of hydrogen-bond donors (Lipinski definition) is 0. The molecule has 0 radical (unpaired) electrons. The lowest BCUT2D eigenvalue weighted by atomic mass is 10.2. The van der Waals surface area contributed by atoms with Gasteiger partial charge in [0.25, 0.3) is 0 Å². The molecule has 1 aromatic carbocycles. The van der Waals surface area contributed by atoms with Crippen LogP contribution in [-0.4, -0.2) is 51.4 Å². The van der Waals surface area contributed by atoms with Crippen molar-refractivity contribution in [2.24, 2.45) is 0 Å². The fourth-order valence-corrected chi connectivity index (χ4v) is 4.58. The van der Waals surface area contributed by atoms with Crippen LogP contribution in [0.5, 0.6) is 0 Å². The molecular formula is C21H23FN4OS. The first-order valence-corrected chi connectivity index (χ1v) is 10.3. The van der Waals surface area contributed by atoms with E-state index in [2.05, 4.69) is 16.0 Å². The lowest BCUT2D eigenvalue weighted by Crippen LogP contribution is -2.49. The number of piperazine rings is 1. The summed E-state index contributed by atoms with van der Waals surface area (Å²) in [6.45, 7) is 5.88. The molecule has 0 saturated carbocycles. The van der Waals surface area contributed by atoms with Crippen LogP contribution in [-0.2, 0) is 11.3 Å². The van der Waals surface area contributed by atoms with Crippen LogP contribution in [0.3, 0.4) is 0 Å². The SMILES string of the molecule is CC(C(=O)N1CCN(Cc2ccc(-c3ccccc3F)s2)CC1)n1ccnc1. The molecule has 1 aliphatic heterocycles. The highest BCUT2D eigenvalue weighted by atomic mass is 32.1. The predicted octanol–water partition coefficient (Wildman–Crippen LogP) is 3.66. The summed E-state index contributed by atoms with van der Waals surface area (Å²) < 4.78 is 15.8. The van der Waals surface area contributed by atoms with Gasteiger partial charge in [-0.05, 0) is 25.1 Å². The lowest BCUT2D eigenvalue weighted by Gasteiger charge is -2.35. The minimum Gasteiger partial charge on any atom is -0.338 e. The molecular weight excluding hydrogens is 375 g/mol. The number of aromatic nitrogens is 2. The third kappa shape index (κ3) is 4.00.